The van der Waals surface area contributed by atoms with Crippen LogP contribution in [-0.4, -0.2) is 44.8 Å². The molecule has 0 spiro atoms. The van der Waals surface area contributed by atoms with Crippen LogP contribution in [0.2, 0.25) is 0 Å². The second-order valence-electron chi connectivity index (χ2n) is 4.18. The highest BCUT2D eigenvalue weighted by atomic mass is 16.6. The number of nitro groups is 3. The Labute approximate surface area is 131 Å². The molecular weight excluding hydrogens is 334 g/mol. The summed E-state index contributed by atoms with van der Waals surface area (Å²) in [6.45, 7) is -1.95. The molecule has 0 heterocycles. The molecule has 14 nitrogen and oxygen atoms in total. The molecular formula is C10H9N5O9. The average molecular weight is 343 g/mol. The number of nitrogens with zero attached hydrogens (tertiary/aromatic N) is 4. The number of hydrogen-bond donors (Lipinski definition) is 2. The SMILES string of the molecule is NCC(=O)N(CC(=O)O)c1c([N+](=O)[O-])cc([N+](=O)[O-])cc1[N+](=O)[O-]. The summed E-state index contributed by atoms with van der Waals surface area (Å²) in [7, 11) is 0. The number of rotatable bonds is 7. The van der Waals surface area contributed by atoms with Gasteiger partial charge in [-0.05, 0) is 0 Å². The van der Waals surface area contributed by atoms with Crippen LogP contribution < -0.4 is 10.6 Å². The highest BCUT2D eigenvalue weighted by Gasteiger charge is 2.37. The van der Waals surface area contributed by atoms with Crippen LogP contribution in [0, 0.1) is 30.3 Å². The van der Waals surface area contributed by atoms with E-state index in [1.807, 2.05) is 0 Å². The van der Waals surface area contributed by atoms with Crippen molar-refractivity contribution < 1.29 is 29.5 Å². The molecule has 0 atom stereocenters. The number of hydrogen-bond acceptors (Lipinski definition) is 9. The highest BCUT2D eigenvalue weighted by Crippen LogP contribution is 2.41. The van der Waals surface area contributed by atoms with Gasteiger partial charge in [0, 0.05) is 0 Å². The van der Waals surface area contributed by atoms with Crippen molar-refractivity contribution in [2.75, 3.05) is 18.0 Å². The van der Waals surface area contributed by atoms with Crippen molar-refractivity contribution in [3.05, 3.63) is 42.5 Å². The average Bonchev–Trinajstić information content (AvgIpc) is 2.50. The first-order chi connectivity index (χ1) is 11.1. The van der Waals surface area contributed by atoms with Gasteiger partial charge in [0.1, 0.15) is 6.54 Å². The number of carboxylic acid groups (broad SMARTS) is 1. The third-order valence-corrected chi connectivity index (χ3v) is 2.70. The Bertz CT molecular complexity index is 711. The van der Waals surface area contributed by atoms with Crippen molar-refractivity contribution in [2.45, 2.75) is 0 Å². The van der Waals surface area contributed by atoms with Crippen LogP contribution in [0.25, 0.3) is 0 Å². The van der Waals surface area contributed by atoms with Gasteiger partial charge in [0.05, 0.1) is 33.4 Å². The van der Waals surface area contributed by atoms with E-state index in [2.05, 4.69) is 0 Å². The predicted molar refractivity (Wildman–Crippen MR) is 75.4 cm³/mol. The molecule has 0 aliphatic heterocycles. The summed E-state index contributed by atoms with van der Waals surface area (Å²) >= 11 is 0. The molecule has 14 heteroatoms. The van der Waals surface area contributed by atoms with Gasteiger partial charge in [0.2, 0.25) is 11.6 Å². The Balaban J connectivity index is 3.83. The molecule has 0 aromatic heterocycles. The Morgan fingerprint density at radius 3 is 1.79 bits per heavy atom. The lowest BCUT2D eigenvalue weighted by atomic mass is 10.1. The van der Waals surface area contributed by atoms with Gasteiger partial charge in [-0.25, -0.2) is 0 Å². The topological polar surface area (TPSA) is 213 Å². The van der Waals surface area contributed by atoms with Gasteiger partial charge in [-0.2, -0.15) is 0 Å². The first-order valence-corrected chi connectivity index (χ1v) is 5.93. The largest absolute Gasteiger partial charge is 0.480 e. The molecule has 0 radical (unpaired) electrons. The highest BCUT2D eigenvalue weighted by molar-refractivity contribution is 6.03. The van der Waals surface area contributed by atoms with Crippen molar-refractivity contribution in [1.29, 1.82) is 0 Å². The molecule has 1 amide bonds. The van der Waals surface area contributed by atoms with Crippen LogP contribution >= 0.6 is 0 Å². The zero-order valence-electron chi connectivity index (χ0n) is 11.6. The number of carbonyl (C=O) groups excluding carboxylic acids is 1. The number of anilines is 1. The quantitative estimate of drug-likeness (QED) is 0.490. The van der Waals surface area contributed by atoms with Crippen molar-refractivity contribution in [1.82, 2.24) is 0 Å². The minimum atomic E-state index is -1.63. The molecule has 24 heavy (non-hydrogen) atoms. The van der Waals surface area contributed by atoms with Gasteiger partial charge >= 0.3 is 17.3 Å². The minimum Gasteiger partial charge on any atom is -0.480 e. The van der Waals surface area contributed by atoms with Crippen LogP contribution in [0.3, 0.4) is 0 Å². The lowest BCUT2D eigenvalue weighted by Crippen LogP contribution is -2.40. The predicted octanol–water partition coefficient (Wildman–Crippen LogP) is -0.212. The first-order valence-electron chi connectivity index (χ1n) is 5.93. The molecule has 0 bridgehead atoms. The van der Waals surface area contributed by atoms with E-state index in [1.165, 1.54) is 0 Å². The molecule has 1 rings (SSSR count). The summed E-state index contributed by atoms with van der Waals surface area (Å²) in [5.41, 5.74) is 0.792. The Morgan fingerprint density at radius 2 is 1.50 bits per heavy atom. The van der Waals surface area contributed by atoms with Crippen LogP contribution in [0.4, 0.5) is 22.7 Å². The number of carboxylic acids is 1. The van der Waals surface area contributed by atoms with Crippen molar-refractivity contribution in [3.8, 4) is 0 Å². The number of nitro benzene ring substituents is 3. The van der Waals surface area contributed by atoms with E-state index in [0.29, 0.717) is 12.1 Å². The summed E-state index contributed by atoms with van der Waals surface area (Å²) in [5.74, 6) is -2.78. The lowest BCUT2D eigenvalue weighted by Gasteiger charge is -2.19. The zero-order chi connectivity index (χ0) is 18.6. The number of aliphatic carboxylic acids is 1. The second-order valence-corrected chi connectivity index (χ2v) is 4.18. The molecule has 1 aromatic rings. The van der Waals surface area contributed by atoms with Crippen LogP contribution in [-0.2, 0) is 9.59 Å². The van der Waals surface area contributed by atoms with Gasteiger partial charge < -0.3 is 10.8 Å². The molecule has 0 aliphatic rings. The maximum Gasteiger partial charge on any atom is 0.323 e. The fraction of sp³-hybridized carbons (Fsp3) is 0.200. The Hall–Kier alpha value is -3.68. The van der Waals surface area contributed by atoms with E-state index >= 15 is 0 Å². The Kier molecular flexibility index (Phi) is 5.40. The summed E-state index contributed by atoms with van der Waals surface area (Å²) < 4.78 is 0. The maximum absolute atomic E-state index is 11.8. The fourth-order valence-corrected chi connectivity index (χ4v) is 1.79. The number of carbonyl (C=O) groups is 2. The number of nitrogens with two attached hydrogens (primary N) is 1. The van der Waals surface area contributed by atoms with Gasteiger partial charge in [-0.15, -0.1) is 0 Å². The lowest BCUT2D eigenvalue weighted by molar-refractivity contribution is -0.402. The van der Waals surface area contributed by atoms with E-state index in [0.717, 1.165) is 0 Å². The Morgan fingerprint density at radius 1 is 1.04 bits per heavy atom. The minimum absolute atomic E-state index is 0.225. The molecule has 0 fully saturated rings. The van der Waals surface area contributed by atoms with Crippen molar-refractivity contribution in [2.24, 2.45) is 5.73 Å². The van der Waals surface area contributed by atoms with E-state index in [4.69, 9.17) is 10.8 Å². The number of amides is 1. The molecule has 128 valence electrons. The third kappa shape index (κ3) is 3.74. The summed E-state index contributed by atoms with van der Waals surface area (Å²) in [5, 5.41) is 41.8. The van der Waals surface area contributed by atoms with Gasteiger partial charge in [-0.1, -0.05) is 0 Å². The summed E-state index contributed by atoms with van der Waals surface area (Å²) in [4.78, 5) is 52.4. The van der Waals surface area contributed by atoms with Gasteiger partial charge in [0.15, 0.2) is 0 Å². The van der Waals surface area contributed by atoms with Gasteiger partial charge in [-0.3, -0.25) is 44.8 Å². The molecule has 0 saturated heterocycles. The van der Waals surface area contributed by atoms with E-state index in [9.17, 15) is 39.9 Å². The molecule has 0 saturated carbocycles. The standard InChI is InChI=1S/C10H9N5O9/c11-3-8(16)12(4-9(17)18)10-6(14(21)22)1-5(13(19)20)2-7(10)15(23)24/h1-2H,3-4,11H2,(H,17,18). The maximum atomic E-state index is 11.8. The molecule has 1 aromatic carbocycles. The molecule has 0 aliphatic carbocycles. The van der Waals surface area contributed by atoms with E-state index in [-0.39, 0.29) is 4.90 Å². The van der Waals surface area contributed by atoms with Crippen LogP contribution in [0.1, 0.15) is 0 Å². The normalized spacial score (nSPS) is 10.0. The van der Waals surface area contributed by atoms with Crippen molar-refractivity contribution >= 4 is 34.6 Å². The third-order valence-electron chi connectivity index (χ3n) is 2.70. The summed E-state index contributed by atoms with van der Waals surface area (Å²) in [6, 6.07) is 0.780. The second kappa shape index (κ2) is 7.05. The fourth-order valence-electron chi connectivity index (χ4n) is 1.79. The van der Waals surface area contributed by atoms with E-state index in [1.54, 1.807) is 0 Å². The smallest absolute Gasteiger partial charge is 0.323 e. The molecule has 3 N–H and O–H groups in total. The van der Waals surface area contributed by atoms with Crippen LogP contribution in [0.15, 0.2) is 12.1 Å². The first kappa shape index (κ1) is 18.4. The van der Waals surface area contributed by atoms with E-state index < -0.39 is 62.5 Å². The number of non-ortho nitro benzene ring substituents is 1. The summed E-state index contributed by atoms with van der Waals surface area (Å²) in [6.07, 6.45) is 0. The van der Waals surface area contributed by atoms with Crippen molar-refractivity contribution in [3.63, 3.8) is 0 Å². The monoisotopic (exact) mass is 343 g/mol. The number of benzene rings is 1. The van der Waals surface area contributed by atoms with Gasteiger partial charge in [0.25, 0.3) is 5.69 Å². The molecule has 0 unspecified atom stereocenters. The zero-order valence-corrected chi connectivity index (χ0v) is 11.6. The van der Waals surface area contributed by atoms with Crippen LogP contribution in [0.5, 0.6) is 0 Å².